The first-order valence-corrected chi connectivity index (χ1v) is 13.5. The molecular formula is C28H23Cl3N2O6. The summed E-state index contributed by atoms with van der Waals surface area (Å²) < 4.78 is 5.22. The molecule has 2 aliphatic carbocycles. The van der Waals surface area contributed by atoms with Crippen molar-refractivity contribution in [3.8, 4) is 11.5 Å². The molecule has 1 N–H and O–H groups in total. The monoisotopic (exact) mass is 588 g/mol. The zero-order valence-corrected chi connectivity index (χ0v) is 23.1. The van der Waals surface area contributed by atoms with Crippen molar-refractivity contribution in [1.82, 2.24) is 4.90 Å². The summed E-state index contributed by atoms with van der Waals surface area (Å²) in [6, 6.07) is 11.0. The van der Waals surface area contributed by atoms with Crippen molar-refractivity contribution in [1.29, 1.82) is 0 Å². The molecule has 4 aliphatic rings. The average molecular weight is 590 g/mol. The summed E-state index contributed by atoms with van der Waals surface area (Å²) in [6.07, 6.45) is 1.91. The van der Waals surface area contributed by atoms with Crippen LogP contribution in [0.4, 0.5) is 5.69 Å². The standard InChI is InChI=1S/C28H23Cl3N2O6/c1-32-25(37)27(30)12-19-16(22(28(27,31)26(32)38)17-8-7-15(39-2)11-20(17)34)9-10-18-21(19)24(36)33(23(18)35)14-5-3-13(29)4-6-14/h3-9,11,18-19,21-22,34H,10,12H2,1-2H3/t18-,19+,21-,22+,27+,28-/m0/s1. The first-order chi connectivity index (χ1) is 18.5. The largest absolute Gasteiger partial charge is 0.508 e. The predicted octanol–water partition coefficient (Wildman–Crippen LogP) is 4.25. The molecule has 4 amide bonds. The fourth-order valence-electron chi connectivity index (χ4n) is 6.83. The maximum atomic E-state index is 13.9. The van der Waals surface area contributed by atoms with Crippen LogP contribution in [-0.4, -0.2) is 57.5 Å². The number of hydrogen-bond donors (Lipinski definition) is 1. The highest BCUT2D eigenvalue weighted by molar-refractivity contribution is 6.53. The third kappa shape index (κ3) is 3.31. The van der Waals surface area contributed by atoms with E-state index in [1.54, 1.807) is 36.4 Å². The Morgan fingerprint density at radius 2 is 1.67 bits per heavy atom. The molecule has 2 heterocycles. The third-order valence-electron chi connectivity index (χ3n) is 8.65. The lowest BCUT2D eigenvalue weighted by atomic mass is 9.56. The van der Waals surface area contributed by atoms with Gasteiger partial charge in [0.1, 0.15) is 11.5 Å². The van der Waals surface area contributed by atoms with Gasteiger partial charge in [0.2, 0.25) is 11.8 Å². The Kier molecular flexibility index (Phi) is 5.85. The zero-order valence-electron chi connectivity index (χ0n) is 20.9. The number of aromatic hydroxyl groups is 1. The molecular weight excluding hydrogens is 567 g/mol. The highest BCUT2D eigenvalue weighted by atomic mass is 35.5. The van der Waals surface area contributed by atoms with E-state index in [9.17, 15) is 24.3 Å². The lowest BCUT2D eigenvalue weighted by Gasteiger charge is -2.50. The number of amides is 4. The highest BCUT2D eigenvalue weighted by Gasteiger charge is 2.76. The molecule has 6 atom stereocenters. The van der Waals surface area contributed by atoms with Crippen LogP contribution in [0, 0.1) is 17.8 Å². The summed E-state index contributed by atoms with van der Waals surface area (Å²) in [4.78, 5) is 52.7. The number of nitrogens with zero attached hydrogens (tertiary/aromatic N) is 2. The number of likely N-dealkylation sites (tertiary alicyclic amines) is 1. The SMILES string of the molecule is COc1ccc([C@H]2C3=CC[C@@H]4C(=O)N(c5ccc(Cl)cc5)C(=O)[C@@H]4[C@@H]3C[C@@]3(Cl)C(=O)N(C)C(=O)[C@@]23Cl)c(O)c1. The second-order valence-electron chi connectivity index (χ2n) is 10.4. The molecule has 2 aromatic carbocycles. The van der Waals surface area contributed by atoms with E-state index in [0.29, 0.717) is 22.0 Å². The van der Waals surface area contributed by atoms with Gasteiger partial charge in [-0.15, -0.1) is 23.2 Å². The summed E-state index contributed by atoms with van der Waals surface area (Å²) in [7, 11) is 2.76. The number of ether oxygens (including phenoxy) is 1. The molecule has 0 unspecified atom stereocenters. The zero-order chi connectivity index (χ0) is 28.0. The minimum atomic E-state index is -1.97. The molecule has 6 rings (SSSR count). The van der Waals surface area contributed by atoms with E-state index in [4.69, 9.17) is 39.5 Å². The van der Waals surface area contributed by atoms with Gasteiger partial charge in [0.05, 0.1) is 24.6 Å². The fourth-order valence-corrected chi connectivity index (χ4v) is 7.97. The first kappa shape index (κ1) is 26.2. The minimum absolute atomic E-state index is 0.124. The number of methoxy groups -OCH3 is 1. The van der Waals surface area contributed by atoms with E-state index in [0.717, 1.165) is 9.80 Å². The van der Waals surface area contributed by atoms with Gasteiger partial charge in [-0.2, -0.15) is 0 Å². The Hall–Kier alpha value is -3.07. The summed E-state index contributed by atoms with van der Waals surface area (Å²) in [6.45, 7) is 0. The molecule has 8 nitrogen and oxygen atoms in total. The second kappa shape index (κ2) is 8.71. The van der Waals surface area contributed by atoms with E-state index in [1.807, 2.05) is 6.08 Å². The molecule has 202 valence electrons. The van der Waals surface area contributed by atoms with Gasteiger partial charge in [0.15, 0.2) is 9.75 Å². The summed E-state index contributed by atoms with van der Waals surface area (Å²) in [5.74, 6) is -5.22. The molecule has 1 saturated carbocycles. The van der Waals surface area contributed by atoms with Gasteiger partial charge < -0.3 is 9.84 Å². The molecule has 2 aromatic rings. The van der Waals surface area contributed by atoms with E-state index < -0.39 is 51.1 Å². The van der Waals surface area contributed by atoms with Crippen molar-refractivity contribution in [2.24, 2.45) is 17.8 Å². The molecule has 2 aliphatic heterocycles. The van der Waals surface area contributed by atoms with Gasteiger partial charge in [-0.3, -0.25) is 29.0 Å². The van der Waals surface area contributed by atoms with Gasteiger partial charge in [0, 0.05) is 29.6 Å². The van der Waals surface area contributed by atoms with E-state index in [2.05, 4.69) is 0 Å². The van der Waals surface area contributed by atoms with Crippen LogP contribution in [0.1, 0.15) is 24.3 Å². The normalized spacial score (nSPS) is 33.6. The topological polar surface area (TPSA) is 104 Å². The summed E-state index contributed by atoms with van der Waals surface area (Å²) in [5.41, 5.74) is 1.26. The number of hydrogen-bond acceptors (Lipinski definition) is 6. The number of allylic oxidation sites excluding steroid dienone is 2. The summed E-state index contributed by atoms with van der Waals surface area (Å²) in [5, 5.41) is 11.5. The average Bonchev–Trinajstić information content (AvgIpc) is 3.24. The van der Waals surface area contributed by atoms with Crippen LogP contribution in [0.5, 0.6) is 11.5 Å². The van der Waals surface area contributed by atoms with Crippen LogP contribution in [-0.2, 0) is 19.2 Å². The van der Waals surface area contributed by atoms with Gasteiger partial charge in [-0.05, 0) is 49.1 Å². The number of imide groups is 2. The van der Waals surface area contributed by atoms with Gasteiger partial charge in [0.25, 0.3) is 11.8 Å². The number of halogens is 3. The van der Waals surface area contributed by atoms with Crippen LogP contribution in [0.2, 0.25) is 5.02 Å². The van der Waals surface area contributed by atoms with E-state index in [-0.39, 0.29) is 30.1 Å². The molecule has 0 bridgehead atoms. The lowest BCUT2D eigenvalue weighted by Crippen LogP contribution is -2.60. The highest BCUT2D eigenvalue weighted by Crippen LogP contribution is 2.66. The second-order valence-corrected chi connectivity index (χ2v) is 12.1. The lowest BCUT2D eigenvalue weighted by molar-refractivity contribution is -0.138. The van der Waals surface area contributed by atoms with E-state index >= 15 is 0 Å². The Bertz CT molecular complexity index is 1490. The predicted molar refractivity (Wildman–Crippen MR) is 144 cm³/mol. The molecule has 11 heteroatoms. The van der Waals surface area contributed by atoms with Crippen LogP contribution >= 0.6 is 34.8 Å². The molecule has 0 spiro atoms. The maximum absolute atomic E-state index is 13.9. The number of fused-ring (bicyclic) bond motifs is 4. The van der Waals surface area contributed by atoms with Crippen LogP contribution in [0.3, 0.4) is 0 Å². The number of phenolic OH excluding ortho intramolecular Hbond substituents is 1. The van der Waals surface area contributed by atoms with Crippen molar-refractivity contribution in [3.63, 3.8) is 0 Å². The molecule has 2 saturated heterocycles. The fraction of sp³-hybridized carbons (Fsp3) is 0.357. The smallest absolute Gasteiger partial charge is 0.253 e. The van der Waals surface area contributed by atoms with Crippen molar-refractivity contribution in [2.75, 3.05) is 19.1 Å². The number of carbonyl (C=O) groups excluding carboxylic acids is 4. The number of carbonyl (C=O) groups is 4. The quantitative estimate of drug-likeness (QED) is 0.326. The maximum Gasteiger partial charge on any atom is 0.253 e. The van der Waals surface area contributed by atoms with E-state index in [1.165, 1.54) is 20.2 Å². The molecule has 0 aromatic heterocycles. The molecule has 39 heavy (non-hydrogen) atoms. The van der Waals surface area contributed by atoms with Gasteiger partial charge in [-0.25, -0.2) is 0 Å². The number of rotatable bonds is 3. The minimum Gasteiger partial charge on any atom is -0.508 e. The van der Waals surface area contributed by atoms with Crippen LogP contribution in [0.15, 0.2) is 54.1 Å². The number of phenols is 1. The number of anilines is 1. The van der Waals surface area contributed by atoms with Crippen LogP contribution in [0.25, 0.3) is 0 Å². The number of alkyl halides is 2. The Morgan fingerprint density at radius 3 is 2.31 bits per heavy atom. The Balaban J connectivity index is 1.52. The van der Waals surface area contributed by atoms with Crippen LogP contribution < -0.4 is 9.64 Å². The van der Waals surface area contributed by atoms with Crippen molar-refractivity contribution in [3.05, 3.63) is 64.7 Å². The number of benzene rings is 2. The Labute approximate surface area is 239 Å². The summed E-state index contributed by atoms with van der Waals surface area (Å²) >= 11 is 20.2. The first-order valence-electron chi connectivity index (χ1n) is 12.4. The van der Waals surface area contributed by atoms with Crippen molar-refractivity contribution in [2.45, 2.75) is 28.5 Å². The van der Waals surface area contributed by atoms with Crippen molar-refractivity contribution < 1.29 is 29.0 Å². The van der Waals surface area contributed by atoms with Gasteiger partial charge in [-0.1, -0.05) is 29.3 Å². The Morgan fingerprint density at radius 1 is 0.974 bits per heavy atom. The van der Waals surface area contributed by atoms with Crippen molar-refractivity contribution >= 4 is 64.1 Å². The third-order valence-corrected chi connectivity index (χ3v) is 10.3. The molecule has 0 radical (unpaired) electrons. The molecule has 3 fully saturated rings. The van der Waals surface area contributed by atoms with Gasteiger partial charge >= 0.3 is 0 Å².